The standard InChI is InChI=1S/C19H20N6/c1-2-10-21-18(7-1)24-19-22-11-8-16(23-19)17-6-4-12-25(17)14-15-5-3-9-20-13-15/h1-3,5,7-11,13,17H,4,6,12,14H2,(H,21,22,23,24)/t17-/m0/s1. The molecule has 0 spiro atoms. The van der Waals surface area contributed by atoms with Gasteiger partial charge in [0.05, 0.1) is 11.7 Å². The molecule has 1 saturated heterocycles. The average Bonchev–Trinajstić information content (AvgIpc) is 3.12. The maximum Gasteiger partial charge on any atom is 0.228 e. The van der Waals surface area contributed by atoms with Crippen LogP contribution in [-0.2, 0) is 6.54 Å². The Hall–Kier alpha value is -2.86. The van der Waals surface area contributed by atoms with Crippen molar-refractivity contribution in [1.82, 2.24) is 24.8 Å². The van der Waals surface area contributed by atoms with Crippen molar-refractivity contribution >= 4 is 11.8 Å². The third kappa shape index (κ3) is 3.80. The van der Waals surface area contributed by atoms with Crippen LogP contribution < -0.4 is 5.32 Å². The lowest BCUT2D eigenvalue weighted by Gasteiger charge is -2.24. The first kappa shape index (κ1) is 15.7. The maximum atomic E-state index is 4.72. The van der Waals surface area contributed by atoms with Crippen molar-refractivity contribution in [2.24, 2.45) is 0 Å². The third-order valence-corrected chi connectivity index (χ3v) is 4.40. The molecule has 126 valence electrons. The smallest absolute Gasteiger partial charge is 0.228 e. The van der Waals surface area contributed by atoms with Gasteiger partial charge in [-0.05, 0) is 49.2 Å². The van der Waals surface area contributed by atoms with Gasteiger partial charge in [0, 0.05) is 31.3 Å². The number of anilines is 2. The largest absolute Gasteiger partial charge is 0.309 e. The van der Waals surface area contributed by atoms with E-state index in [1.54, 1.807) is 6.20 Å². The van der Waals surface area contributed by atoms with Gasteiger partial charge in [0.2, 0.25) is 5.95 Å². The molecule has 0 aromatic carbocycles. The quantitative estimate of drug-likeness (QED) is 0.773. The summed E-state index contributed by atoms with van der Waals surface area (Å²) in [5.74, 6) is 1.34. The average molecular weight is 332 g/mol. The van der Waals surface area contributed by atoms with Crippen LogP contribution >= 0.6 is 0 Å². The zero-order valence-corrected chi connectivity index (χ0v) is 13.9. The van der Waals surface area contributed by atoms with Crippen LogP contribution in [0.15, 0.2) is 61.2 Å². The number of nitrogens with zero attached hydrogens (tertiary/aromatic N) is 5. The SMILES string of the molecule is c1ccc(Nc2nccc([C@@H]3CCCN3Cc3cccnc3)n2)nc1. The number of nitrogens with one attached hydrogen (secondary N) is 1. The molecule has 1 aliphatic heterocycles. The van der Waals surface area contributed by atoms with E-state index in [4.69, 9.17) is 4.98 Å². The Labute approximate surface area is 147 Å². The van der Waals surface area contributed by atoms with Gasteiger partial charge in [-0.3, -0.25) is 9.88 Å². The number of rotatable bonds is 5. The van der Waals surface area contributed by atoms with E-state index in [2.05, 4.69) is 31.2 Å². The Morgan fingerprint density at radius 2 is 2.04 bits per heavy atom. The van der Waals surface area contributed by atoms with Gasteiger partial charge in [0.25, 0.3) is 0 Å². The van der Waals surface area contributed by atoms with Crippen LogP contribution in [0.2, 0.25) is 0 Å². The van der Waals surface area contributed by atoms with Crippen molar-refractivity contribution in [2.45, 2.75) is 25.4 Å². The van der Waals surface area contributed by atoms with Gasteiger partial charge < -0.3 is 5.32 Å². The van der Waals surface area contributed by atoms with Crippen LogP contribution in [0.3, 0.4) is 0 Å². The Morgan fingerprint density at radius 3 is 2.88 bits per heavy atom. The molecule has 3 aromatic heterocycles. The number of hydrogen-bond acceptors (Lipinski definition) is 6. The van der Waals surface area contributed by atoms with E-state index in [1.165, 1.54) is 12.0 Å². The highest BCUT2D eigenvalue weighted by molar-refractivity contribution is 5.46. The molecule has 0 bridgehead atoms. The monoisotopic (exact) mass is 332 g/mol. The molecule has 1 N–H and O–H groups in total. The van der Waals surface area contributed by atoms with E-state index < -0.39 is 0 Å². The summed E-state index contributed by atoms with van der Waals surface area (Å²) in [6, 6.07) is 12.2. The molecule has 0 amide bonds. The molecule has 6 nitrogen and oxygen atoms in total. The van der Waals surface area contributed by atoms with Gasteiger partial charge in [0.1, 0.15) is 5.82 Å². The van der Waals surface area contributed by atoms with Crippen molar-refractivity contribution in [3.63, 3.8) is 0 Å². The van der Waals surface area contributed by atoms with Gasteiger partial charge in [-0.1, -0.05) is 12.1 Å². The summed E-state index contributed by atoms with van der Waals surface area (Å²) in [6.07, 6.45) is 9.60. The first-order valence-corrected chi connectivity index (χ1v) is 8.52. The van der Waals surface area contributed by atoms with Crippen molar-refractivity contribution in [3.8, 4) is 0 Å². The lowest BCUT2D eigenvalue weighted by molar-refractivity contribution is 0.244. The van der Waals surface area contributed by atoms with Gasteiger partial charge in [-0.2, -0.15) is 0 Å². The van der Waals surface area contributed by atoms with Crippen molar-refractivity contribution < 1.29 is 0 Å². The lowest BCUT2D eigenvalue weighted by Crippen LogP contribution is -2.23. The Bertz CT molecular complexity index is 808. The first-order chi connectivity index (χ1) is 12.4. The molecular weight excluding hydrogens is 312 g/mol. The molecule has 25 heavy (non-hydrogen) atoms. The molecule has 1 aliphatic rings. The summed E-state index contributed by atoms with van der Waals surface area (Å²) in [5.41, 5.74) is 2.28. The van der Waals surface area contributed by atoms with E-state index in [0.717, 1.165) is 31.0 Å². The predicted molar refractivity (Wildman–Crippen MR) is 96.2 cm³/mol. The molecule has 0 saturated carbocycles. The van der Waals surface area contributed by atoms with Crippen LogP contribution in [0.25, 0.3) is 0 Å². The summed E-state index contributed by atoms with van der Waals surface area (Å²) >= 11 is 0. The molecule has 0 unspecified atom stereocenters. The highest BCUT2D eigenvalue weighted by Crippen LogP contribution is 2.32. The van der Waals surface area contributed by atoms with Crippen molar-refractivity contribution in [3.05, 3.63) is 72.4 Å². The van der Waals surface area contributed by atoms with Crippen LogP contribution in [0.4, 0.5) is 11.8 Å². The molecule has 0 aliphatic carbocycles. The van der Waals surface area contributed by atoms with Gasteiger partial charge in [-0.25, -0.2) is 15.0 Å². The molecule has 4 rings (SSSR count). The highest BCUT2D eigenvalue weighted by Gasteiger charge is 2.27. The van der Waals surface area contributed by atoms with Crippen LogP contribution in [-0.4, -0.2) is 31.4 Å². The van der Waals surface area contributed by atoms with E-state index in [9.17, 15) is 0 Å². The maximum absolute atomic E-state index is 4.72. The number of aromatic nitrogens is 4. The minimum absolute atomic E-state index is 0.312. The zero-order valence-electron chi connectivity index (χ0n) is 13.9. The minimum Gasteiger partial charge on any atom is -0.309 e. The van der Waals surface area contributed by atoms with E-state index in [1.807, 2.05) is 48.9 Å². The minimum atomic E-state index is 0.312. The second-order valence-corrected chi connectivity index (χ2v) is 6.13. The molecule has 1 fully saturated rings. The summed E-state index contributed by atoms with van der Waals surface area (Å²) in [5, 5.41) is 3.17. The molecule has 0 radical (unpaired) electrons. The topological polar surface area (TPSA) is 66.8 Å². The van der Waals surface area contributed by atoms with Gasteiger partial charge in [0.15, 0.2) is 0 Å². The van der Waals surface area contributed by atoms with Crippen LogP contribution in [0, 0.1) is 0 Å². The molecule has 3 aromatic rings. The summed E-state index contributed by atoms with van der Waals surface area (Å²) < 4.78 is 0. The normalized spacial score (nSPS) is 17.5. The Balaban J connectivity index is 1.51. The Kier molecular flexibility index (Phi) is 4.61. The van der Waals surface area contributed by atoms with Crippen molar-refractivity contribution in [1.29, 1.82) is 0 Å². The molecule has 4 heterocycles. The lowest BCUT2D eigenvalue weighted by atomic mass is 10.1. The third-order valence-electron chi connectivity index (χ3n) is 4.40. The van der Waals surface area contributed by atoms with E-state index in [-0.39, 0.29) is 0 Å². The number of hydrogen-bond donors (Lipinski definition) is 1. The second-order valence-electron chi connectivity index (χ2n) is 6.13. The predicted octanol–water partition coefficient (Wildman–Crippen LogP) is 3.35. The fourth-order valence-electron chi connectivity index (χ4n) is 3.25. The molecule has 1 atom stereocenters. The summed E-state index contributed by atoms with van der Waals surface area (Å²) in [6.45, 7) is 1.97. The number of pyridine rings is 2. The summed E-state index contributed by atoms with van der Waals surface area (Å²) in [4.78, 5) is 20.0. The van der Waals surface area contributed by atoms with Gasteiger partial charge >= 0.3 is 0 Å². The number of likely N-dealkylation sites (tertiary alicyclic amines) is 1. The van der Waals surface area contributed by atoms with Crippen molar-refractivity contribution in [2.75, 3.05) is 11.9 Å². The first-order valence-electron chi connectivity index (χ1n) is 8.52. The van der Waals surface area contributed by atoms with Crippen LogP contribution in [0.1, 0.15) is 30.1 Å². The molecule has 6 heteroatoms. The van der Waals surface area contributed by atoms with Crippen LogP contribution in [0.5, 0.6) is 0 Å². The fraction of sp³-hybridized carbons (Fsp3) is 0.263. The molecular formula is C19H20N6. The Morgan fingerprint density at radius 1 is 1.04 bits per heavy atom. The van der Waals surface area contributed by atoms with E-state index in [0.29, 0.717) is 12.0 Å². The fourth-order valence-corrected chi connectivity index (χ4v) is 3.25. The second kappa shape index (κ2) is 7.36. The zero-order chi connectivity index (χ0) is 16.9. The highest BCUT2D eigenvalue weighted by atomic mass is 15.2. The van der Waals surface area contributed by atoms with E-state index >= 15 is 0 Å². The summed E-state index contributed by atoms with van der Waals surface area (Å²) in [7, 11) is 0. The van der Waals surface area contributed by atoms with Gasteiger partial charge in [-0.15, -0.1) is 0 Å².